The van der Waals surface area contributed by atoms with E-state index in [0.717, 1.165) is 15.4 Å². The van der Waals surface area contributed by atoms with Crippen molar-refractivity contribution in [3.05, 3.63) is 41.0 Å². The van der Waals surface area contributed by atoms with Gasteiger partial charge in [-0.1, -0.05) is 12.1 Å². The molecule has 0 bridgehead atoms. The van der Waals surface area contributed by atoms with E-state index in [9.17, 15) is 0 Å². The molecule has 98 valence electrons. The molecule has 1 aromatic carbocycles. The van der Waals surface area contributed by atoms with Crippen LogP contribution in [0.5, 0.6) is 0 Å². The second-order valence-corrected chi connectivity index (χ2v) is 4.68. The molecule has 0 N–H and O–H groups in total. The predicted octanol–water partition coefficient (Wildman–Crippen LogP) is -2.81. The topological polar surface area (TPSA) is 105 Å². The van der Waals surface area contributed by atoms with Crippen LogP contribution < -0.4 is 28.2 Å². The fourth-order valence-electron chi connectivity index (χ4n) is 1.33. The van der Waals surface area contributed by atoms with Gasteiger partial charge < -0.3 is 0 Å². The van der Waals surface area contributed by atoms with Crippen molar-refractivity contribution in [1.29, 1.82) is 0 Å². The lowest BCUT2D eigenvalue weighted by atomic mass is 10.2. The minimum atomic E-state index is -4.94. The first-order chi connectivity index (χ1) is 8.33. The molecule has 0 unspecified atom stereocenters. The van der Waals surface area contributed by atoms with E-state index >= 15 is 0 Å². The fourth-order valence-corrected chi connectivity index (χ4v) is 1.78. The second kappa shape index (κ2) is 6.28. The predicted molar refractivity (Wildman–Crippen MR) is 54.3 cm³/mol. The molecule has 0 aliphatic heterocycles. The van der Waals surface area contributed by atoms with Gasteiger partial charge in [-0.15, -0.1) is 10.2 Å². The Balaban J connectivity index is 0.000000280. The Morgan fingerprint density at radius 2 is 1.67 bits per heavy atom. The molecule has 8 heteroatoms. The van der Waals surface area contributed by atoms with Crippen LogP contribution in [0.4, 0.5) is 0 Å². The number of hydrogen-bond donors (Lipinski definition) is 0. The van der Waals surface area contributed by atoms with Crippen molar-refractivity contribution in [2.24, 2.45) is 0 Å². The van der Waals surface area contributed by atoms with E-state index in [-0.39, 0.29) is 0 Å². The largest absolute Gasteiger partial charge is 0.274 e. The van der Waals surface area contributed by atoms with E-state index in [2.05, 4.69) is 22.0 Å². The molecule has 0 aliphatic rings. The molecule has 0 amide bonds. The van der Waals surface area contributed by atoms with Gasteiger partial charge in [0.25, 0.3) is 5.52 Å². The SMILES string of the molecule is CO[n+]1ccc(Br)c2ccccc21.[O-][Cl+3]([O-])([O-])[O-]. The van der Waals surface area contributed by atoms with Crippen LogP contribution in [0, 0.1) is 10.2 Å². The third kappa shape index (κ3) is 4.73. The van der Waals surface area contributed by atoms with Crippen molar-refractivity contribution in [1.82, 2.24) is 0 Å². The van der Waals surface area contributed by atoms with Gasteiger partial charge in [-0.3, -0.25) is 4.84 Å². The van der Waals surface area contributed by atoms with Gasteiger partial charge >= 0.3 is 0 Å². The van der Waals surface area contributed by atoms with Crippen LogP contribution in [-0.4, -0.2) is 7.11 Å². The molecule has 0 saturated carbocycles. The van der Waals surface area contributed by atoms with Crippen molar-refractivity contribution >= 4 is 26.8 Å². The first-order valence-electron chi connectivity index (χ1n) is 4.58. The maximum Gasteiger partial charge on any atom is 0.265 e. The highest BCUT2D eigenvalue weighted by atomic mass is 79.9. The summed E-state index contributed by atoms with van der Waals surface area (Å²) in [5.74, 6) is 0. The summed E-state index contributed by atoms with van der Waals surface area (Å²) in [6.07, 6.45) is 1.88. The number of hydrogen-bond acceptors (Lipinski definition) is 5. The maximum absolute atomic E-state index is 8.49. The van der Waals surface area contributed by atoms with Crippen molar-refractivity contribution in [3.8, 4) is 0 Å². The smallest absolute Gasteiger partial charge is 0.265 e. The molecular formula is C10H9BrClNO5. The van der Waals surface area contributed by atoms with Crippen molar-refractivity contribution in [2.75, 3.05) is 7.11 Å². The van der Waals surface area contributed by atoms with E-state index in [1.54, 1.807) is 11.8 Å². The molecule has 0 spiro atoms. The number of para-hydroxylation sites is 1. The van der Waals surface area contributed by atoms with Crippen molar-refractivity contribution < 1.29 is 38.4 Å². The average molecular weight is 339 g/mol. The van der Waals surface area contributed by atoms with Crippen LogP contribution >= 0.6 is 15.9 Å². The van der Waals surface area contributed by atoms with E-state index in [1.165, 1.54) is 0 Å². The third-order valence-corrected chi connectivity index (χ3v) is 2.64. The zero-order chi connectivity index (χ0) is 13.8. The van der Waals surface area contributed by atoms with Gasteiger partial charge in [0.15, 0.2) is 0 Å². The summed E-state index contributed by atoms with van der Waals surface area (Å²) in [4.78, 5) is 5.18. The number of benzene rings is 1. The molecule has 0 atom stereocenters. The standard InChI is InChI=1S/C10H9BrNO.ClHO4/c1-13-12-7-6-9(11)8-4-2-3-5-10(8)12;2-1(3,4)5/h2-7H,1H3;(H,2,3,4,5)/q+1;/p-1. The Bertz CT molecular complexity index is 525. The van der Waals surface area contributed by atoms with Gasteiger partial charge in [-0.2, -0.15) is 0 Å². The van der Waals surface area contributed by atoms with E-state index in [4.69, 9.17) is 23.5 Å². The second-order valence-electron chi connectivity index (χ2n) is 3.07. The van der Waals surface area contributed by atoms with E-state index in [0.29, 0.717) is 0 Å². The Hall–Kier alpha value is -0.960. The first kappa shape index (κ1) is 15.1. The molecule has 6 nitrogen and oxygen atoms in total. The van der Waals surface area contributed by atoms with Crippen LogP contribution in [0.2, 0.25) is 0 Å². The highest BCUT2D eigenvalue weighted by Gasteiger charge is 2.10. The molecular weight excluding hydrogens is 329 g/mol. The Labute approximate surface area is 113 Å². The number of pyridine rings is 1. The zero-order valence-electron chi connectivity index (χ0n) is 9.21. The summed E-state index contributed by atoms with van der Waals surface area (Å²) in [5.41, 5.74) is 1.05. The van der Waals surface area contributed by atoms with E-state index < -0.39 is 10.2 Å². The monoisotopic (exact) mass is 337 g/mol. The number of nitrogens with zero attached hydrogens (tertiary/aromatic N) is 1. The lowest BCUT2D eigenvalue weighted by Crippen LogP contribution is -2.68. The summed E-state index contributed by atoms with van der Waals surface area (Å²) < 4.78 is 36.8. The van der Waals surface area contributed by atoms with Crippen LogP contribution in [0.3, 0.4) is 0 Å². The average Bonchev–Trinajstić information content (AvgIpc) is 2.28. The zero-order valence-corrected chi connectivity index (χ0v) is 11.6. The third-order valence-electron chi connectivity index (χ3n) is 1.95. The Kier molecular flexibility index (Phi) is 5.27. The summed E-state index contributed by atoms with van der Waals surface area (Å²) in [6, 6.07) is 10.0. The number of halogens is 2. The lowest BCUT2D eigenvalue weighted by Gasteiger charge is -2.17. The fraction of sp³-hybridized carbons (Fsp3) is 0.100. The molecule has 1 heterocycles. The van der Waals surface area contributed by atoms with E-state index in [1.807, 2.05) is 30.5 Å². The summed E-state index contributed by atoms with van der Waals surface area (Å²) in [7, 11) is -3.29. The highest BCUT2D eigenvalue weighted by Crippen LogP contribution is 2.19. The molecule has 1 aromatic heterocycles. The minimum absolute atomic E-state index is 1.05. The number of aromatic nitrogens is 1. The minimum Gasteiger partial charge on any atom is -0.274 e. The maximum atomic E-state index is 8.49. The summed E-state index contributed by atoms with van der Waals surface area (Å²) in [6.45, 7) is 0. The Morgan fingerprint density at radius 3 is 2.22 bits per heavy atom. The van der Waals surface area contributed by atoms with Gasteiger partial charge in [0, 0.05) is 21.3 Å². The van der Waals surface area contributed by atoms with Gasteiger partial charge in [-0.05, 0) is 22.0 Å². The normalized spacial score (nSPS) is 10.8. The van der Waals surface area contributed by atoms with Crippen LogP contribution in [0.1, 0.15) is 0 Å². The van der Waals surface area contributed by atoms with Crippen LogP contribution in [0.15, 0.2) is 41.0 Å². The first-order valence-corrected chi connectivity index (χ1v) is 6.61. The quantitative estimate of drug-likeness (QED) is 0.522. The Morgan fingerprint density at radius 1 is 1.11 bits per heavy atom. The lowest BCUT2D eigenvalue weighted by molar-refractivity contribution is -2.00. The molecule has 2 aromatic rings. The molecule has 18 heavy (non-hydrogen) atoms. The van der Waals surface area contributed by atoms with Crippen LogP contribution in [0.25, 0.3) is 10.9 Å². The molecule has 0 saturated heterocycles. The summed E-state index contributed by atoms with van der Waals surface area (Å²) in [5, 5.41) is 1.15. The molecule has 0 radical (unpaired) electrons. The highest BCUT2D eigenvalue weighted by molar-refractivity contribution is 9.10. The van der Waals surface area contributed by atoms with Gasteiger partial charge in [0.2, 0.25) is 6.20 Å². The van der Waals surface area contributed by atoms with Gasteiger partial charge in [0.1, 0.15) is 7.11 Å². The van der Waals surface area contributed by atoms with Gasteiger partial charge in [0.05, 0.1) is 5.39 Å². The van der Waals surface area contributed by atoms with Crippen LogP contribution in [-0.2, 0) is 0 Å². The molecule has 0 aliphatic carbocycles. The molecule has 0 fully saturated rings. The number of rotatable bonds is 1. The number of fused-ring (bicyclic) bond motifs is 1. The molecule has 2 rings (SSSR count). The van der Waals surface area contributed by atoms with Crippen molar-refractivity contribution in [3.63, 3.8) is 0 Å². The van der Waals surface area contributed by atoms with Gasteiger partial charge in [-0.25, -0.2) is 18.6 Å². The van der Waals surface area contributed by atoms with Crippen molar-refractivity contribution in [2.45, 2.75) is 0 Å². The summed E-state index contributed by atoms with van der Waals surface area (Å²) >= 11 is 3.49.